The maximum absolute atomic E-state index is 8.87. The second kappa shape index (κ2) is 2.86. The molecule has 0 radical (unpaired) electrons. The van der Waals surface area contributed by atoms with Crippen molar-refractivity contribution in [2.24, 2.45) is 5.92 Å². The number of hydrogen-bond acceptors (Lipinski definition) is 3. The lowest BCUT2D eigenvalue weighted by Crippen LogP contribution is -2.30. The van der Waals surface area contributed by atoms with Crippen LogP contribution < -0.4 is 5.32 Å². The number of epoxide rings is 1. The molecule has 10 heavy (non-hydrogen) atoms. The van der Waals surface area contributed by atoms with Gasteiger partial charge in [-0.2, -0.15) is 0 Å². The van der Waals surface area contributed by atoms with Gasteiger partial charge in [0.2, 0.25) is 0 Å². The summed E-state index contributed by atoms with van der Waals surface area (Å²) >= 11 is 0. The van der Waals surface area contributed by atoms with Crippen LogP contribution in [-0.4, -0.2) is 23.7 Å². The van der Waals surface area contributed by atoms with Gasteiger partial charge in [-0.05, 0) is 12.8 Å². The average molecular weight is 145 g/mol. The number of aliphatic hydroxyl groups is 1. The lowest BCUT2D eigenvalue weighted by molar-refractivity contribution is 0.137. The summed E-state index contributed by atoms with van der Waals surface area (Å²) in [5.74, 6) is 0.538. The first-order chi connectivity index (χ1) is 4.61. The van der Waals surface area contributed by atoms with Crippen molar-refractivity contribution in [3.05, 3.63) is 0 Å². The highest BCUT2D eigenvalue weighted by atomic mass is 16.6. The van der Waals surface area contributed by atoms with Crippen molar-refractivity contribution in [3.8, 4) is 0 Å². The molecular formula is C7H15NO2. The highest BCUT2D eigenvalue weighted by Crippen LogP contribution is 2.26. The van der Waals surface area contributed by atoms with Crippen LogP contribution in [0.3, 0.4) is 0 Å². The van der Waals surface area contributed by atoms with E-state index in [1.54, 1.807) is 6.92 Å². The smallest absolute Gasteiger partial charge is 0.137 e. The van der Waals surface area contributed by atoms with Gasteiger partial charge in [0.1, 0.15) is 18.6 Å². The number of aliphatic hydroxyl groups excluding tert-OH is 1. The van der Waals surface area contributed by atoms with Gasteiger partial charge < -0.3 is 9.84 Å². The van der Waals surface area contributed by atoms with Gasteiger partial charge in [-0.1, -0.05) is 13.8 Å². The second-order valence-corrected chi connectivity index (χ2v) is 3.11. The average Bonchev–Trinajstić information content (AvgIpc) is 2.43. The summed E-state index contributed by atoms with van der Waals surface area (Å²) in [7, 11) is 0. The lowest BCUT2D eigenvalue weighted by atomic mass is 10.1. The van der Waals surface area contributed by atoms with Crippen LogP contribution in [0.4, 0.5) is 0 Å². The molecule has 3 heteroatoms. The molecule has 0 aromatic rings. The highest BCUT2D eigenvalue weighted by Gasteiger charge is 2.41. The molecule has 1 aliphatic heterocycles. The largest absolute Gasteiger partial charge is 0.379 e. The van der Waals surface area contributed by atoms with E-state index in [1.165, 1.54) is 0 Å². The summed E-state index contributed by atoms with van der Waals surface area (Å²) in [5, 5.41) is 11.8. The molecule has 0 aliphatic carbocycles. The Balaban J connectivity index is 2.13. The van der Waals surface area contributed by atoms with E-state index in [0.717, 1.165) is 0 Å². The van der Waals surface area contributed by atoms with Crippen molar-refractivity contribution >= 4 is 0 Å². The van der Waals surface area contributed by atoms with E-state index in [1.807, 2.05) is 0 Å². The van der Waals surface area contributed by atoms with Crippen LogP contribution in [0.5, 0.6) is 0 Å². The van der Waals surface area contributed by atoms with Gasteiger partial charge in [-0.3, -0.25) is 5.32 Å². The van der Waals surface area contributed by atoms with Crippen molar-refractivity contribution < 1.29 is 9.84 Å². The predicted molar refractivity (Wildman–Crippen MR) is 38.3 cm³/mol. The van der Waals surface area contributed by atoms with E-state index < -0.39 is 6.23 Å². The zero-order valence-electron chi connectivity index (χ0n) is 6.66. The van der Waals surface area contributed by atoms with Crippen molar-refractivity contribution in [2.45, 2.75) is 39.3 Å². The standard InChI is InChI=1S/C7H15NO2/c1-4(2)6-7(10-6)8-5(3)9/h4-9H,1-3H3/t5?,6-,7?/m1/s1. The Morgan fingerprint density at radius 2 is 2.00 bits per heavy atom. The summed E-state index contributed by atoms with van der Waals surface area (Å²) in [5.41, 5.74) is 0. The molecule has 0 amide bonds. The third-order valence-corrected chi connectivity index (χ3v) is 1.59. The van der Waals surface area contributed by atoms with Crippen molar-refractivity contribution in [1.29, 1.82) is 0 Å². The molecule has 3 nitrogen and oxygen atoms in total. The number of nitrogens with one attached hydrogen (secondary N) is 1. The summed E-state index contributed by atoms with van der Waals surface area (Å²) < 4.78 is 5.22. The molecule has 0 spiro atoms. The maximum atomic E-state index is 8.87. The zero-order valence-corrected chi connectivity index (χ0v) is 6.66. The van der Waals surface area contributed by atoms with Gasteiger partial charge in [0.15, 0.2) is 0 Å². The molecule has 3 atom stereocenters. The van der Waals surface area contributed by atoms with Crippen LogP contribution in [0.1, 0.15) is 20.8 Å². The first-order valence-corrected chi connectivity index (χ1v) is 3.71. The topological polar surface area (TPSA) is 44.8 Å². The minimum absolute atomic E-state index is 0.0833. The molecule has 1 fully saturated rings. The number of rotatable bonds is 3. The molecule has 60 valence electrons. The van der Waals surface area contributed by atoms with Gasteiger partial charge in [0.25, 0.3) is 0 Å². The Morgan fingerprint density at radius 3 is 2.30 bits per heavy atom. The van der Waals surface area contributed by atoms with Crippen molar-refractivity contribution in [1.82, 2.24) is 5.32 Å². The molecule has 1 heterocycles. The normalized spacial score (nSPS) is 34.5. The SMILES string of the molecule is CC(O)NC1O[C@@H]1C(C)C. The van der Waals surface area contributed by atoms with Crippen LogP contribution in [0.25, 0.3) is 0 Å². The fourth-order valence-corrected chi connectivity index (χ4v) is 1.00. The van der Waals surface area contributed by atoms with E-state index in [2.05, 4.69) is 19.2 Å². The maximum Gasteiger partial charge on any atom is 0.137 e. The van der Waals surface area contributed by atoms with Crippen molar-refractivity contribution in [2.75, 3.05) is 0 Å². The monoisotopic (exact) mass is 145 g/mol. The Hall–Kier alpha value is -0.120. The zero-order chi connectivity index (χ0) is 7.72. The Morgan fingerprint density at radius 1 is 1.40 bits per heavy atom. The fraction of sp³-hybridized carbons (Fsp3) is 1.00. The Bertz CT molecular complexity index is 114. The quantitative estimate of drug-likeness (QED) is 0.443. The molecule has 1 aliphatic rings. The molecular weight excluding hydrogens is 130 g/mol. The minimum Gasteiger partial charge on any atom is -0.379 e. The van der Waals surface area contributed by atoms with Gasteiger partial charge in [-0.25, -0.2) is 0 Å². The van der Waals surface area contributed by atoms with Crippen LogP contribution in [0.2, 0.25) is 0 Å². The van der Waals surface area contributed by atoms with Crippen molar-refractivity contribution in [3.63, 3.8) is 0 Å². The number of hydrogen-bond donors (Lipinski definition) is 2. The minimum atomic E-state index is -0.464. The predicted octanol–water partition coefficient (Wildman–Crippen LogP) is 0.295. The molecule has 0 bridgehead atoms. The molecule has 0 aromatic carbocycles. The molecule has 1 saturated heterocycles. The highest BCUT2D eigenvalue weighted by molar-refractivity contribution is 4.84. The Labute approximate surface area is 61.4 Å². The third-order valence-electron chi connectivity index (χ3n) is 1.59. The van der Waals surface area contributed by atoms with Crippen LogP contribution in [-0.2, 0) is 4.74 Å². The fourth-order valence-electron chi connectivity index (χ4n) is 1.00. The van der Waals surface area contributed by atoms with E-state index in [4.69, 9.17) is 9.84 Å². The van der Waals surface area contributed by atoms with Crippen LogP contribution in [0, 0.1) is 5.92 Å². The lowest BCUT2D eigenvalue weighted by Gasteiger charge is -2.03. The van der Waals surface area contributed by atoms with E-state index in [-0.39, 0.29) is 6.23 Å². The Kier molecular flexibility index (Phi) is 2.28. The van der Waals surface area contributed by atoms with Gasteiger partial charge in [0.05, 0.1) is 0 Å². The summed E-state index contributed by atoms with van der Waals surface area (Å²) in [6, 6.07) is 0. The first kappa shape index (κ1) is 7.98. The van der Waals surface area contributed by atoms with Gasteiger partial charge in [0, 0.05) is 0 Å². The van der Waals surface area contributed by atoms with Crippen LogP contribution >= 0.6 is 0 Å². The van der Waals surface area contributed by atoms with E-state index >= 15 is 0 Å². The molecule has 2 unspecified atom stereocenters. The second-order valence-electron chi connectivity index (χ2n) is 3.11. The summed E-state index contributed by atoms with van der Waals surface area (Å²) in [6.45, 7) is 5.90. The molecule has 2 N–H and O–H groups in total. The van der Waals surface area contributed by atoms with Crippen LogP contribution in [0.15, 0.2) is 0 Å². The summed E-state index contributed by atoms with van der Waals surface area (Å²) in [4.78, 5) is 0. The molecule has 0 aromatic heterocycles. The molecule has 0 saturated carbocycles. The molecule has 1 rings (SSSR count). The van der Waals surface area contributed by atoms with E-state index in [0.29, 0.717) is 12.0 Å². The van der Waals surface area contributed by atoms with Gasteiger partial charge >= 0.3 is 0 Å². The first-order valence-electron chi connectivity index (χ1n) is 3.71. The van der Waals surface area contributed by atoms with Gasteiger partial charge in [-0.15, -0.1) is 0 Å². The third kappa shape index (κ3) is 1.94. The number of ether oxygens (including phenoxy) is 1. The van der Waals surface area contributed by atoms with E-state index in [9.17, 15) is 0 Å². The summed E-state index contributed by atoms with van der Waals surface area (Å²) in [6.07, 6.45) is -0.0802.